The van der Waals surface area contributed by atoms with Crippen LogP contribution in [0.1, 0.15) is 368 Å². The average Bonchev–Trinajstić information content (AvgIpc) is 1.55. The first-order chi connectivity index (χ1) is 51.6. The fraction of sp³-hybridized carbons (Fsp3) is 0.689. The van der Waals surface area contributed by atoms with Gasteiger partial charge >= 0.3 is 214 Å². The van der Waals surface area contributed by atoms with E-state index in [1.165, 1.54) is 291 Å². The van der Waals surface area contributed by atoms with Gasteiger partial charge in [-0.1, -0.05) is 214 Å². The number of thiophene rings is 6. The molecule has 6 nitrogen and oxygen atoms in total. The molecule has 0 saturated heterocycles. The van der Waals surface area contributed by atoms with Crippen LogP contribution in [0.2, 0.25) is 39.0 Å². The molecule has 10 rings (SSSR count). The van der Waals surface area contributed by atoms with E-state index in [9.17, 15) is 19.2 Å². The van der Waals surface area contributed by atoms with Crippen molar-refractivity contribution in [1.29, 1.82) is 0 Å². The van der Waals surface area contributed by atoms with Crippen LogP contribution >= 0.6 is 99.9 Å². The summed E-state index contributed by atoms with van der Waals surface area (Å²) in [6.07, 6.45) is 52.3. The third kappa shape index (κ3) is 23.5. The summed E-state index contributed by atoms with van der Waals surface area (Å²) >= 11 is 16.1. The molecular formula is C90H140Br2N2O4S6Si2Sn. The SMILES string of the molecule is CCCCCCCCCCCCN1C(=O)c2c(Br)sc(Br)c2C1=O.CCCCCCCCCCCCN1C(=O)c2c(C)sc(-c3cc4c(s3)-c3sc(C)cc3[Si]4(CCCCCCCC)CC(CC)CCCC)c2C1=O.CCCCCCCC[Si]1(CC(CC)CCCC)c2cc(C)sc2-c2s[c]([Sn]([CH3])([CH3])[CH3])cc21. The van der Waals surface area contributed by atoms with E-state index in [0.717, 1.165) is 54.8 Å². The summed E-state index contributed by atoms with van der Waals surface area (Å²) in [7, 11) is -3.67. The number of imide groups is 2. The second-order valence-corrected chi connectivity index (χ2v) is 66.8. The second-order valence-electron chi connectivity index (χ2n) is 33.6. The predicted molar refractivity (Wildman–Crippen MR) is 493 cm³/mol. The van der Waals surface area contributed by atoms with Crippen molar-refractivity contribution in [3.63, 3.8) is 0 Å². The fourth-order valence-electron chi connectivity index (χ4n) is 17.7. The van der Waals surface area contributed by atoms with Gasteiger partial charge in [-0.25, -0.2) is 0 Å². The third-order valence-corrected chi connectivity index (χ3v) is 53.4. The minimum absolute atomic E-state index is 0.0484. The van der Waals surface area contributed by atoms with Gasteiger partial charge in [0.05, 0.1) is 34.7 Å². The molecule has 0 aromatic carbocycles. The molecule has 0 fully saturated rings. The molecule has 596 valence electrons. The number of hydrogen-bond donors (Lipinski definition) is 0. The van der Waals surface area contributed by atoms with Gasteiger partial charge in [0.25, 0.3) is 23.6 Å². The normalized spacial score (nSPS) is 16.9. The molecule has 6 aromatic heterocycles. The van der Waals surface area contributed by atoms with Crippen molar-refractivity contribution >= 4 is 182 Å². The van der Waals surface area contributed by atoms with Crippen LogP contribution in [0.3, 0.4) is 0 Å². The summed E-state index contributed by atoms with van der Waals surface area (Å²) in [5.41, 5.74) is 2.46. The number of amides is 4. The number of rotatable bonds is 50. The summed E-state index contributed by atoms with van der Waals surface area (Å²) in [5, 5.41) is 7.14. The van der Waals surface area contributed by atoms with Gasteiger partial charge in [0.1, 0.15) is 8.07 Å². The van der Waals surface area contributed by atoms with Crippen molar-refractivity contribution in [3.8, 4) is 29.3 Å². The third-order valence-electron chi connectivity index (χ3n) is 24.1. The summed E-state index contributed by atoms with van der Waals surface area (Å²) in [6.45, 7) is 26.5. The standard InChI is InChI=1S/C44H67NO2S3Si.C25H39S2Si.C18H25Br2NO2S.3CH3.Sn/c1-7-11-14-16-18-19-20-21-22-24-27-45-43(46)38-33(6)49-40(39(38)44(45)47)35-30-37-42(50-35)41-36(29-32(5)48-41)51(37,28-25-23-17-15-12-8-2)31-34(10-4)26-13-9-3;1-5-8-10-11-12-13-17-28(19-21(7-3)14-9-6-2)22-15-16-26-24(22)25-23(28)18-20(4)27-25;1-2-3-4-5-6-7-8-9-10-11-12-21-17(22)13-14(18(21)23)16(20)24-15(13)19;;;;/h29-30,34H,7-28,31H2,1-6H3;15,18,21H,5-14,17,19H2,1-4H3;2-12H2,1H3;3*1H3;. The zero-order valence-corrected chi connectivity index (χ0v) is 82.1. The zero-order valence-electron chi connectivity index (χ0n) is 69.2. The van der Waals surface area contributed by atoms with E-state index >= 15 is 0 Å². The summed E-state index contributed by atoms with van der Waals surface area (Å²) in [6, 6.07) is 16.3. The molecule has 4 aliphatic heterocycles. The van der Waals surface area contributed by atoms with Gasteiger partial charge in [0.15, 0.2) is 0 Å². The summed E-state index contributed by atoms with van der Waals surface area (Å²) in [4.78, 5) is 76.2. The van der Waals surface area contributed by atoms with E-state index in [1.54, 1.807) is 41.2 Å². The molecule has 0 spiro atoms. The van der Waals surface area contributed by atoms with Crippen LogP contribution < -0.4 is 23.6 Å². The van der Waals surface area contributed by atoms with Crippen LogP contribution in [0.15, 0.2) is 31.8 Å². The van der Waals surface area contributed by atoms with Crippen molar-refractivity contribution in [2.75, 3.05) is 13.1 Å². The number of halogens is 2. The van der Waals surface area contributed by atoms with E-state index in [1.807, 2.05) is 35.9 Å². The van der Waals surface area contributed by atoms with Crippen molar-refractivity contribution in [3.05, 3.63) is 68.7 Å². The van der Waals surface area contributed by atoms with Crippen LogP contribution in [0.4, 0.5) is 0 Å². The Morgan fingerprint density at radius 2 is 0.682 bits per heavy atom. The first-order valence-electron chi connectivity index (χ1n) is 43.5. The molecule has 6 aromatic rings. The number of hydrogen-bond acceptors (Lipinski definition) is 10. The number of fused-ring (bicyclic) bond motifs is 8. The van der Waals surface area contributed by atoms with Gasteiger partial charge in [-0.15, -0.1) is 45.3 Å². The van der Waals surface area contributed by atoms with E-state index in [-0.39, 0.29) is 23.6 Å². The number of unbranched alkanes of at least 4 members (excludes halogenated alkanes) is 30. The molecule has 17 heteroatoms. The number of carbonyl (C=O) groups is 4. The van der Waals surface area contributed by atoms with Crippen molar-refractivity contribution in [1.82, 2.24) is 9.80 Å². The van der Waals surface area contributed by atoms with Crippen molar-refractivity contribution in [2.24, 2.45) is 11.8 Å². The molecule has 4 atom stereocenters. The maximum absolute atomic E-state index is 14.1. The van der Waals surface area contributed by atoms with Gasteiger partial charge in [0, 0.05) is 37.5 Å². The quantitative estimate of drug-likeness (QED) is 0.0217. The average molecular weight is 1840 g/mol. The van der Waals surface area contributed by atoms with Crippen LogP contribution in [-0.2, 0) is 0 Å². The van der Waals surface area contributed by atoms with Crippen molar-refractivity contribution in [2.45, 2.75) is 372 Å². The maximum atomic E-state index is 14.1. The van der Waals surface area contributed by atoms with Crippen LogP contribution in [-0.4, -0.2) is 81.0 Å². The molecule has 0 bridgehead atoms. The number of carbonyl (C=O) groups excluding carboxylic acids is 4. The van der Waals surface area contributed by atoms with E-state index < -0.39 is 34.5 Å². The Kier molecular flexibility index (Phi) is 39.1. The van der Waals surface area contributed by atoms with Gasteiger partial charge < -0.3 is 0 Å². The first kappa shape index (κ1) is 91.2. The Morgan fingerprint density at radius 1 is 0.355 bits per heavy atom. The second kappa shape index (κ2) is 45.8. The molecule has 4 amide bonds. The Balaban J connectivity index is 0.000000220. The number of aryl methyl sites for hydroxylation is 3. The Labute approximate surface area is 698 Å². The molecule has 0 N–H and O–H groups in total. The first-order valence-corrected chi connectivity index (χ1v) is 64.8. The van der Waals surface area contributed by atoms with E-state index in [2.05, 4.69) is 170 Å². The monoisotopic (exact) mass is 1840 g/mol. The van der Waals surface area contributed by atoms with E-state index in [0.29, 0.717) is 35.3 Å². The molecule has 107 heavy (non-hydrogen) atoms. The molecule has 0 saturated carbocycles. The van der Waals surface area contributed by atoms with Gasteiger partial charge in [0.2, 0.25) is 0 Å². The van der Waals surface area contributed by atoms with Gasteiger partial charge in [-0.2, -0.15) is 0 Å². The fourth-order valence-corrected chi connectivity index (χ4v) is 47.4. The zero-order chi connectivity index (χ0) is 77.3. The topological polar surface area (TPSA) is 74.8 Å². The Hall–Kier alpha value is -1.33. The van der Waals surface area contributed by atoms with Gasteiger partial charge in [-0.3, -0.25) is 29.0 Å². The molecule has 4 aliphatic rings. The summed E-state index contributed by atoms with van der Waals surface area (Å²) in [5.74, 6) is 1.28. The van der Waals surface area contributed by atoms with Gasteiger partial charge in [-0.05, 0) is 99.1 Å². The van der Waals surface area contributed by atoms with E-state index in [4.69, 9.17) is 0 Å². The van der Waals surface area contributed by atoms with Crippen molar-refractivity contribution < 1.29 is 19.2 Å². The summed E-state index contributed by atoms with van der Waals surface area (Å²) < 4.78 is 3.31. The van der Waals surface area contributed by atoms with Crippen LogP contribution in [0, 0.1) is 32.6 Å². The minimum atomic E-state index is -2.07. The Morgan fingerprint density at radius 3 is 1.07 bits per heavy atom. The molecule has 4 unspecified atom stereocenters. The molecule has 0 aliphatic carbocycles. The van der Waals surface area contributed by atoms with Crippen LogP contribution in [0.5, 0.6) is 0 Å². The molecule has 0 radical (unpaired) electrons. The molecule has 10 heterocycles. The van der Waals surface area contributed by atoms with Crippen LogP contribution in [0.25, 0.3) is 29.3 Å². The molecular weight excluding hydrogens is 1700 g/mol. The Bertz CT molecular complexity index is 3720. The number of nitrogens with zero attached hydrogens (tertiary/aromatic N) is 2. The predicted octanol–water partition coefficient (Wildman–Crippen LogP) is 29.4.